The lowest BCUT2D eigenvalue weighted by atomic mass is 9.42. The van der Waals surface area contributed by atoms with Crippen molar-refractivity contribution in [1.82, 2.24) is 5.32 Å². The summed E-state index contributed by atoms with van der Waals surface area (Å²) in [5, 5.41) is 14.2. The number of hydrogen-bond acceptors (Lipinski definition) is 7. The third-order valence-electron chi connectivity index (χ3n) is 11.3. The summed E-state index contributed by atoms with van der Waals surface area (Å²) in [4.78, 5) is 18.1. The Labute approximate surface area is 206 Å². The molecule has 4 aliphatic carbocycles. The van der Waals surface area contributed by atoms with E-state index in [0.717, 1.165) is 56.6 Å². The first-order chi connectivity index (χ1) is 15.8. The summed E-state index contributed by atoms with van der Waals surface area (Å²) < 4.78 is 0. The molecular weight excluding hydrogens is 450 g/mol. The van der Waals surface area contributed by atoms with E-state index in [2.05, 4.69) is 24.2 Å². The fourth-order valence-corrected chi connectivity index (χ4v) is 12.4. The molecule has 2 heterocycles. The number of nitrogens with zero attached hydrogens (tertiary/aromatic N) is 1. The summed E-state index contributed by atoms with van der Waals surface area (Å²) in [5.74, 6) is 4.73. The van der Waals surface area contributed by atoms with Crippen molar-refractivity contribution in [3.8, 4) is 0 Å². The Hall–Kier alpha value is -0.660. The van der Waals surface area contributed by atoms with Gasteiger partial charge in [0.15, 0.2) is 11.7 Å². The van der Waals surface area contributed by atoms with E-state index in [9.17, 15) is 9.90 Å². The highest BCUT2D eigenvalue weighted by Gasteiger charge is 2.76. The minimum atomic E-state index is -0.0244. The Morgan fingerprint density at radius 3 is 2.88 bits per heavy atom. The maximum Gasteiger partial charge on any atom is 0.189 e. The van der Waals surface area contributed by atoms with Gasteiger partial charge in [0.05, 0.1) is 5.54 Å². The number of allylic oxidation sites excluding steroid dienone is 2. The maximum absolute atomic E-state index is 13.7. The zero-order chi connectivity index (χ0) is 23.1. The van der Waals surface area contributed by atoms with E-state index in [1.165, 1.54) is 18.4 Å². The van der Waals surface area contributed by atoms with Crippen LogP contribution in [0.5, 0.6) is 0 Å². The number of hydrogen-bond donors (Lipinski definition) is 3. The molecule has 4 N–H and O–H groups in total. The molecule has 0 aromatic heterocycles. The van der Waals surface area contributed by atoms with Crippen LogP contribution >= 0.6 is 21.6 Å². The number of aliphatic imine (C=N–C) groups is 1. The third kappa shape index (κ3) is 2.91. The van der Waals surface area contributed by atoms with Crippen molar-refractivity contribution in [2.24, 2.45) is 44.7 Å². The molecule has 5 nitrogen and oxygen atoms in total. The van der Waals surface area contributed by atoms with Crippen LogP contribution in [-0.4, -0.2) is 47.0 Å². The molecule has 6 rings (SSSR count). The molecule has 3 saturated carbocycles. The van der Waals surface area contributed by atoms with Crippen LogP contribution in [0.3, 0.4) is 0 Å². The highest BCUT2D eigenvalue weighted by atomic mass is 33.1. The Kier molecular flexibility index (Phi) is 5.29. The number of aliphatic hydroxyl groups excluding tert-OH is 1. The van der Waals surface area contributed by atoms with Crippen molar-refractivity contribution in [2.45, 2.75) is 77.2 Å². The van der Waals surface area contributed by atoms with Crippen molar-refractivity contribution >= 4 is 33.3 Å². The maximum atomic E-state index is 13.7. The van der Waals surface area contributed by atoms with Gasteiger partial charge in [0.25, 0.3) is 0 Å². The van der Waals surface area contributed by atoms with E-state index < -0.39 is 0 Å². The van der Waals surface area contributed by atoms with E-state index in [0.29, 0.717) is 35.9 Å². The molecule has 0 saturated heterocycles. The van der Waals surface area contributed by atoms with Crippen molar-refractivity contribution in [2.75, 3.05) is 24.7 Å². The topological polar surface area (TPSA) is 87.7 Å². The molecule has 0 aromatic rings. The Balaban J connectivity index is 1.42. The largest absolute Gasteiger partial charge is 0.396 e. The zero-order valence-corrected chi connectivity index (χ0v) is 21.8. The second-order valence-electron chi connectivity index (χ2n) is 12.2. The number of carbonyl (C=O) groups excluding carboxylic acids is 1. The van der Waals surface area contributed by atoms with Gasteiger partial charge in [0.2, 0.25) is 0 Å². The minimum absolute atomic E-state index is 0.00633. The van der Waals surface area contributed by atoms with E-state index in [4.69, 9.17) is 5.73 Å². The summed E-state index contributed by atoms with van der Waals surface area (Å²) in [6.45, 7) is 6.01. The second kappa shape index (κ2) is 7.67. The van der Waals surface area contributed by atoms with E-state index in [1.54, 1.807) is 5.57 Å². The highest BCUT2D eigenvalue weighted by Crippen LogP contribution is 2.81. The quantitative estimate of drug-likeness (QED) is 0.476. The molecule has 3 fully saturated rings. The Bertz CT molecular complexity index is 936. The molecule has 6 aliphatic rings. The third-order valence-corrected chi connectivity index (χ3v) is 13.9. The van der Waals surface area contributed by atoms with Gasteiger partial charge in [-0.15, -0.1) is 0 Å². The van der Waals surface area contributed by atoms with E-state index in [-0.39, 0.29) is 28.4 Å². The molecule has 33 heavy (non-hydrogen) atoms. The summed E-state index contributed by atoms with van der Waals surface area (Å²) >= 11 is 0. The van der Waals surface area contributed by atoms with Crippen LogP contribution in [0.15, 0.2) is 16.1 Å². The van der Waals surface area contributed by atoms with Crippen molar-refractivity contribution in [3.63, 3.8) is 0 Å². The number of aliphatic hydroxyl groups is 1. The first kappa shape index (κ1) is 22.8. The van der Waals surface area contributed by atoms with Crippen LogP contribution in [0.1, 0.15) is 71.6 Å². The molecule has 0 amide bonds. The van der Waals surface area contributed by atoms with Crippen molar-refractivity contribution in [3.05, 3.63) is 11.1 Å². The van der Waals surface area contributed by atoms with Crippen molar-refractivity contribution in [1.29, 1.82) is 0 Å². The molecule has 182 valence electrons. The number of fused-ring (bicyclic) bond motifs is 1. The number of Topliss-reactive ketones (excluding diaryl/α,β-unsaturated/α-hetero) is 1. The Morgan fingerprint density at radius 2 is 2.09 bits per heavy atom. The number of guanidine groups is 1. The lowest BCUT2D eigenvalue weighted by molar-refractivity contribution is -0.152. The monoisotopic (exact) mass is 489 g/mol. The van der Waals surface area contributed by atoms with Crippen LogP contribution in [-0.2, 0) is 4.79 Å². The number of nitrogens with two attached hydrogens (primary N) is 1. The number of nitrogens with one attached hydrogen (secondary N) is 1. The van der Waals surface area contributed by atoms with Crippen molar-refractivity contribution < 1.29 is 9.90 Å². The lowest BCUT2D eigenvalue weighted by Crippen LogP contribution is -2.57. The first-order valence-electron chi connectivity index (χ1n) is 13.0. The number of ketones is 1. The predicted octanol–water partition coefficient (Wildman–Crippen LogP) is 4.31. The van der Waals surface area contributed by atoms with Gasteiger partial charge in [-0.3, -0.25) is 9.79 Å². The fourth-order valence-electron chi connectivity index (χ4n) is 9.57. The minimum Gasteiger partial charge on any atom is -0.396 e. The Morgan fingerprint density at radius 1 is 1.24 bits per heavy atom. The molecule has 6 bridgehead atoms. The van der Waals surface area contributed by atoms with Gasteiger partial charge in [-0.25, -0.2) is 0 Å². The van der Waals surface area contributed by atoms with Gasteiger partial charge in [0, 0.05) is 36.5 Å². The van der Waals surface area contributed by atoms with Gasteiger partial charge in [-0.2, -0.15) is 0 Å². The summed E-state index contributed by atoms with van der Waals surface area (Å²) in [6.07, 6.45) is 9.31. The average Bonchev–Trinajstić information content (AvgIpc) is 3.13. The number of carbonyl (C=O) groups is 1. The van der Waals surface area contributed by atoms with Gasteiger partial charge in [0.1, 0.15) is 0 Å². The standard InChI is InChI=1S/C26H39N3O2S2/c1-16-24(14-30)7-5-17-19(12-24)23(2)9-11-32-33-15-25(8-10-28-22(27)29-25)6-3-4-18-20(31)13-26(16,23)21(17)18/h16-17,19,30H,3-15H2,1-2H3,(H3,27,28,29). The van der Waals surface area contributed by atoms with Crippen LogP contribution < -0.4 is 11.1 Å². The first-order valence-corrected chi connectivity index (χ1v) is 15.5. The van der Waals surface area contributed by atoms with Gasteiger partial charge in [-0.1, -0.05) is 41.0 Å². The van der Waals surface area contributed by atoms with Crippen LogP contribution in [0.25, 0.3) is 0 Å². The fraction of sp³-hybridized carbons (Fsp3) is 0.846. The predicted molar refractivity (Wildman–Crippen MR) is 137 cm³/mol. The average molecular weight is 490 g/mol. The molecule has 0 radical (unpaired) electrons. The molecule has 2 spiro atoms. The highest BCUT2D eigenvalue weighted by molar-refractivity contribution is 8.76. The molecule has 7 heteroatoms. The zero-order valence-electron chi connectivity index (χ0n) is 20.1. The molecule has 2 aliphatic heterocycles. The molecule has 7 atom stereocenters. The summed E-state index contributed by atoms with van der Waals surface area (Å²) in [5.41, 5.74) is 9.03. The molecule has 7 unspecified atom stereocenters. The van der Waals surface area contributed by atoms with Gasteiger partial charge >= 0.3 is 0 Å². The SMILES string of the molecule is CC1C2(CO)CCC3C4=C5CCCC6(CCN=C(N)N6)CSSCCC(C)(C3C2)C41CC5=O. The van der Waals surface area contributed by atoms with E-state index >= 15 is 0 Å². The van der Waals surface area contributed by atoms with Crippen LogP contribution in [0.4, 0.5) is 0 Å². The lowest BCUT2D eigenvalue weighted by Gasteiger charge is -2.61. The summed E-state index contributed by atoms with van der Waals surface area (Å²) in [7, 11) is 4.01. The molecule has 0 aromatic carbocycles. The van der Waals surface area contributed by atoms with E-state index in [1.807, 2.05) is 21.6 Å². The molecular formula is C26H39N3O2S2. The van der Waals surface area contributed by atoms with Gasteiger partial charge < -0.3 is 16.2 Å². The van der Waals surface area contributed by atoms with Crippen LogP contribution in [0.2, 0.25) is 0 Å². The second-order valence-corrected chi connectivity index (χ2v) is 14.8. The smallest absolute Gasteiger partial charge is 0.189 e. The number of rotatable bonds is 1. The summed E-state index contributed by atoms with van der Waals surface area (Å²) in [6, 6.07) is 0. The van der Waals surface area contributed by atoms with Crippen LogP contribution in [0, 0.1) is 34.0 Å². The normalized spacial score (nSPS) is 49.4. The van der Waals surface area contributed by atoms with Gasteiger partial charge in [-0.05, 0) is 85.5 Å².